The summed E-state index contributed by atoms with van der Waals surface area (Å²) in [4.78, 5) is 29.7. The Bertz CT molecular complexity index is 1040. The third-order valence-corrected chi connectivity index (χ3v) is 7.55. The average Bonchev–Trinajstić information content (AvgIpc) is 3.02. The van der Waals surface area contributed by atoms with Crippen molar-refractivity contribution in [1.82, 2.24) is 19.6 Å². The molecule has 3 heterocycles. The standard InChI is InChI=1S/C27H35ClN4O2/c1-20-24(21(2)32(29-20)19-23-9-5-6-10-25(23)28)11-12-26(33)30-17-13-22(14-18-30)27(34)31-15-7-3-4-8-16-31/h5-6,9-12,22H,3-4,7-8,13-19H2,1-2H3/b12-11+. The van der Waals surface area contributed by atoms with Gasteiger partial charge in [0, 0.05) is 54.5 Å². The molecule has 0 radical (unpaired) electrons. The van der Waals surface area contributed by atoms with E-state index < -0.39 is 0 Å². The summed E-state index contributed by atoms with van der Waals surface area (Å²) in [6, 6.07) is 7.77. The zero-order chi connectivity index (χ0) is 24.1. The van der Waals surface area contributed by atoms with Gasteiger partial charge in [-0.25, -0.2) is 0 Å². The number of rotatable bonds is 5. The number of carbonyl (C=O) groups is 2. The molecule has 0 saturated carbocycles. The van der Waals surface area contributed by atoms with Gasteiger partial charge >= 0.3 is 0 Å². The zero-order valence-electron chi connectivity index (χ0n) is 20.3. The van der Waals surface area contributed by atoms with E-state index in [-0.39, 0.29) is 11.8 Å². The van der Waals surface area contributed by atoms with E-state index in [1.165, 1.54) is 12.8 Å². The lowest BCUT2D eigenvalue weighted by Crippen LogP contribution is -2.44. The number of aryl methyl sites for hydroxylation is 1. The molecule has 1 aromatic heterocycles. The fourth-order valence-corrected chi connectivity index (χ4v) is 5.25. The van der Waals surface area contributed by atoms with Gasteiger partial charge in [-0.3, -0.25) is 14.3 Å². The van der Waals surface area contributed by atoms with Gasteiger partial charge in [-0.1, -0.05) is 42.6 Å². The van der Waals surface area contributed by atoms with Crippen molar-refractivity contribution in [2.75, 3.05) is 26.2 Å². The van der Waals surface area contributed by atoms with Gasteiger partial charge in [0.05, 0.1) is 12.2 Å². The van der Waals surface area contributed by atoms with Crippen LogP contribution in [-0.4, -0.2) is 57.6 Å². The van der Waals surface area contributed by atoms with Crippen LogP contribution >= 0.6 is 11.6 Å². The van der Waals surface area contributed by atoms with Crippen LogP contribution in [0.4, 0.5) is 0 Å². The molecule has 182 valence electrons. The molecule has 2 aromatic rings. The molecule has 4 rings (SSSR count). The minimum Gasteiger partial charge on any atom is -0.342 e. The van der Waals surface area contributed by atoms with Crippen molar-refractivity contribution in [2.45, 2.75) is 58.9 Å². The second-order valence-corrected chi connectivity index (χ2v) is 9.91. The molecular formula is C27H35ClN4O2. The van der Waals surface area contributed by atoms with E-state index in [2.05, 4.69) is 10.00 Å². The number of aromatic nitrogens is 2. The smallest absolute Gasteiger partial charge is 0.246 e. The van der Waals surface area contributed by atoms with Crippen LogP contribution in [0.5, 0.6) is 0 Å². The number of piperidine rings is 1. The van der Waals surface area contributed by atoms with Gasteiger partial charge in [0.15, 0.2) is 0 Å². The molecule has 2 fully saturated rings. The highest BCUT2D eigenvalue weighted by atomic mass is 35.5. The van der Waals surface area contributed by atoms with Crippen LogP contribution in [0, 0.1) is 19.8 Å². The molecule has 0 unspecified atom stereocenters. The first-order valence-corrected chi connectivity index (χ1v) is 12.8. The summed E-state index contributed by atoms with van der Waals surface area (Å²) in [5, 5.41) is 5.38. The van der Waals surface area contributed by atoms with Crippen LogP contribution in [0.2, 0.25) is 5.02 Å². The highest BCUT2D eigenvalue weighted by molar-refractivity contribution is 6.31. The topological polar surface area (TPSA) is 58.4 Å². The number of likely N-dealkylation sites (tertiary alicyclic amines) is 2. The van der Waals surface area contributed by atoms with E-state index >= 15 is 0 Å². The van der Waals surface area contributed by atoms with Gasteiger partial charge < -0.3 is 9.80 Å². The van der Waals surface area contributed by atoms with Crippen LogP contribution in [0.3, 0.4) is 0 Å². The van der Waals surface area contributed by atoms with Crippen molar-refractivity contribution < 1.29 is 9.59 Å². The number of hydrogen-bond acceptors (Lipinski definition) is 3. The number of nitrogens with zero attached hydrogens (tertiary/aromatic N) is 4. The monoisotopic (exact) mass is 482 g/mol. The number of halogens is 1. The van der Waals surface area contributed by atoms with E-state index in [1.807, 2.05) is 53.8 Å². The molecule has 0 N–H and O–H groups in total. The predicted octanol–water partition coefficient (Wildman–Crippen LogP) is 4.86. The maximum absolute atomic E-state index is 12.9. The van der Waals surface area contributed by atoms with Crippen molar-refractivity contribution in [1.29, 1.82) is 0 Å². The Hall–Kier alpha value is -2.60. The quantitative estimate of drug-likeness (QED) is 0.572. The van der Waals surface area contributed by atoms with Crippen molar-refractivity contribution >= 4 is 29.5 Å². The predicted molar refractivity (Wildman–Crippen MR) is 136 cm³/mol. The second-order valence-electron chi connectivity index (χ2n) is 9.51. The lowest BCUT2D eigenvalue weighted by atomic mass is 9.95. The molecule has 0 spiro atoms. The first kappa shape index (κ1) is 24.5. The van der Waals surface area contributed by atoms with Crippen molar-refractivity contribution in [3.8, 4) is 0 Å². The Kier molecular flexibility index (Phi) is 8.09. The summed E-state index contributed by atoms with van der Waals surface area (Å²) in [7, 11) is 0. The van der Waals surface area contributed by atoms with Gasteiger partial charge in [0.1, 0.15) is 0 Å². The minimum absolute atomic E-state index is 0.00155. The average molecular weight is 483 g/mol. The van der Waals surface area contributed by atoms with Crippen LogP contribution < -0.4 is 0 Å². The molecule has 2 amide bonds. The molecule has 6 nitrogen and oxygen atoms in total. The number of amides is 2. The molecule has 7 heteroatoms. The molecule has 2 aliphatic rings. The SMILES string of the molecule is Cc1nn(Cc2ccccc2Cl)c(C)c1/C=C/C(=O)N1CCC(C(=O)N2CCCCCC2)CC1. The maximum Gasteiger partial charge on any atom is 0.246 e. The van der Waals surface area contributed by atoms with E-state index in [9.17, 15) is 9.59 Å². The van der Waals surface area contributed by atoms with Gasteiger partial charge in [-0.2, -0.15) is 5.10 Å². The minimum atomic E-state index is -0.00155. The largest absolute Gasteiger partial charge is 0.342 e. The van der Waals surface area contributed by atoms with Gasteiger partial charge in [0.25, 0.3) is 0 Å². The second kappa shape index (κ2) is 11.2. The van der Waals surface area contributed by atoms with Crippen LogP contribution in [0.1, 0.15) is 61.0 Å². The molecular weight excluding hydrogens is 448 g/mol. The fraction of sp³-hybridized carbons (Fsp3) is 0.519. The summed E-state index contributed by atoms with van der Waals surface area (Å²) in [5.74, 6) is 0.346. The zero-order valence-corrected chi connectivity index (χ0v) is 21.1. The molecule has 0 aliphatic carbocycles. The lowest BCUT2D eigenvalue weighted by molar-refractivity contribution is -0.139. The van der Waals surface area contributed by atoms with Crippen molar-refractivity contribution in [3.63, 3.8) is 0 Å². The summed E-state index contributed by atoms with van der Waals surface area (Å²) in [6.07, 6.45) is 9.70. The van der Waals surface area contributed by atoms with E-state index in [1.54, 1.807) is 6.08 Å². The van der Waals surface area contributed by atoms with E-state index in [0.717, 1.165) is 66.3 Å². The first-order chi connectivity index (χ1) is 16.4. The molecule has 1 aromatic carbocycles. The molecule has 2 saturated heterocycles. The number of carbonyl (C=O) groups excluding carboxylic acids is 2. The Morgan fingerprint density at radius 3 is 2.35 bits per heavy atom. The Balaban J connectivity index is 1.34. The Morgan fingerprint density at radius 2 is 1.68 bits per heavy atom. The van der Waals surface area contributed by atoms with Crippen LogP contribution in [0.25, 0.3) is 6.08 Å². The first-order valence-electron chi connectivity index (χ1n) is 12.5. The molecule has 34 heavy (non-hydrogen) atoms. The third kappa shape index (κ3) is 5.72. The summed E-state index contributed by atoms with van der Waals surface area (Å²) in [6.45, 7) is 7.62. The van der Waals surface area contributed by atoms with E-state index in [4.69, 9.17) is 11.6 Å². The van der Waals surface area contributed by atoms with Crippen molar-refractivity contribution in [2.24, 2.45) is 5.92 Å². The molecule has 0 bridgehead atoms. The highest BCUT2D eigenvalue weighted by Gasteiger charge is 2.30. The maximum atomic E-state index is 12.9. The fourth-order valence-electron chi connectivity index (χ4n) is 5.05. The Labute approximate surface area is 207 Å². The summed E-state index contributed by atoms with van der Waals surface area (Å²) in [5.41, 5.74) is 3.86. The number of hydrogen-bond donors (Lipinski definition) is 0. The Morgan fingerprint density at radius 1 is 1.00 bits per heavy atom. The van der Waals surface area contributed by atoms with Crippen LogP contribution in [0.15, 0.2) is 30.3 Å². The number of benzene rings is 1. The highest BCUT2D eigenvalue weighted by Crippen LogP contribution is 2.23. The normalized spacial score (nSPS) is 17.9. The molecule has 0 atom stereocenters. The third-order valence-electron chi connectivity index (χ3n) is 7.18. The van der Waals surface area contributed by atoms with Gasteiger partial charge in [-0.05, 0) is 57.2 Å². The van der Waals surface area contributed by atoms with Crippen LogP contribution in [-0.2, 0) is 16.1 Å². The van der Waals surface area contributed by atoms with Gasteiger partial charge in [-0.15, -0.1) is 0 Å². The molecule has 2 aliphatic heterocycles. The van der Waals surface area contributed by atoms with Crippen molar-refractivity contribution in [3.05, 3.63) is 57.9 Å². The lowest BCUT2D eigenvalue weighted by Gasteiger charge is -2.33. The van der Waals surface area contributed by atoms with Gasteiger partial charge in [0.2, 0.25) is 11.8 Å². The summed E-state index contributed by atoms with van der Waals surface area (Å²) < 4.78 is 1.93. The van der Waals surface area contributed by atoms with E-state index in [0.29, 0.717) is 25.5 Å². The summed E-state index contributed by atoms with van der Waals surface area (Å²) >= 11 is 6.31.